The summed E-state index contributed by atoms with van der Waals surface area (Å²) in [6, 6.07) is 0. The molecule has 0 aliphatic rings. The van der Waals surface area contributed by atoms with Crippen molar-refractivity contribution in [2.24, 2.45) is 5.92 Å². The Morgan fingerprint density at radius 1 is 0.287 bits per heavy atom. The van der Waals surface area contributed by atoms with Gasteiger partial charge in [0.25, 0.3) is 0 Å². The van der Waals surface area contributed by atoms with E-state index in [2.05, 4.69) is 34.6 Å². The zero-order chi connectivity index (χ0) is 69.1. The Hall–Kier alpha value is -1.94. The van der Waals surface area contributed by atoms with E-state index in [9.17, 15) is 43.2 Å². The molecule has 17 nitrogen and oxygen atoms in total. The van der Waals surface area contributed by atoms with Crippen molar-refractivity contribution >= 4 is 39.5 Å². The van der Waals surface area contributed by atoms with Gasteiger partial charge in [-0.05, 0) is 31.6 Å². The van der Waals surface area contributed by atoms with Crippen molar-refractivity contribution in [1.82, 2.24) is 0 Å². The molecule has 0 rings (SSSR count). The normalized spacial score (nSPS) is 14.0. The average Bonchev–Trinajstić information content (AvgIpc) is 1.42. The third-order valence-electron chi connectivity index (χ3n) is 17.5. The Labute approximate surface area is 575 Å². The van der Waals surface area contributed by atoms with Crippen molar-refractivity contribution < 1.29 is 80.2 Å². The summed E-state index contributed by atoms with van der Waals surface area (Å²) in [6.45, 7) is 7.31. The molecule has 0 aromatic heterocycles. The van der Waals surface area contributed by atoms with Crippen LogP contribution in [0, 0.1) is 5.92 Å². The summed E-state index contributed by atoms with van der Waals surface area (Å²) in [7, 11) is -9.91. The van der Waals surface area contributed by atoms with E-state index < -0.39 is 97.5 Å². The fourth-order valence-electron chi connectivity index (χ4n) is 11.5. The molecule has 0 aromatic rings. The zero-order valence-electron chi connectivity index (χ0n) is 61.1. The van der Waals surface area contributed by atoms with Gasteiger partial charge in [-0.2, -0.15) is 0 Å². The third-order valence-corrected chi connectivity index (χ3v) is 19.4. The van der Waals surface area contributed by atoms with E-state index in [-0.39, 0.29) is 25.7 Å². The quantitative estimate of drug-likeness (QED) is 0.0222. The molecule has 0 saturated heterocycles. The highest BCUT2D eigenvalue weighted by atomic mass is 31.2. The number of carbonyl (C=O) groups is 4. The topological polar surface area (TPSA) is 237 Å². The van der Waals surface area contributed by atoms with Crippen LogP contribution in [0.1, 0.15) is 394 Å². The van der Waals surface area contributed by atoms with Gasteiger partial charge in [-0.25, -0.2) is 9.13 Å². The second-order valence-corrected chi connectivity index (χ2v) is 30.4. The van der Waals surface area contributed by atoms with E-state index in [4.69, 9.17) is 37.0 Å². The molecule has 0 fully saturated rings. The van der Waals surface area contributed by atoms with Crippen LogP contribution in [0.25, 0.3) is 0 Å². The van der Waals surface area contributed by atoms with Crippen LogP contribution in [0.3, 0.4) is 0 Å². The minimum Gasteiger partial charge on any atom is -0.462 e. The predicted octanol–water partition coefficient (Wildman–Crippen LogP) is 22.1. The summed E-state index contributed by atoms with van der Waals surface area (Å²) in [6.07, 6.45) is 56.7. The first kappa shape index (κ1) is 92.1. The van der Waals surface area contributed by atoms with Crippen LogP contribution >= 0.6 is 15.6 Å². The van der Waals surface area contributed by atoms with Gasteiger partial charge >= 0.3 is 39.5 Å². The maximum absolute atomic E-state index is 13.1. The second-order valence-electron chi connectivity index (χ2n) is 27.5. The number of rotatable bonds is 75. The van der Waals surface area contributed by atoms with Crippen molar-refractivity contribution in [2.75, 3.05) is 39.6 Å². The van der Waals surface area contributed by atoms with Crippen molar-refractivity contribution in [3.05, 3.63) is 0 Å². The SMILES string of the molecule is CCCCCCCCCCCCCCCCC(=O)OC[C@H](COP(=O)(O)OC[C@@H](O)COP(=O)(O)OC[C@@H](COC(=O)CCCCCCCCCCC)OC(=O)CCCCCCCCCCCCCCC)OC(=O)CCCCCCCCCCCCCCCCCC(C)C. The van der Waals surface area contributed by atoms with E-state index in [1.807, 2.05) is 0 Å². The zero-order valence-corrected chi connectivity index (χ0v) is 62.9. The van der Waals surface area contributed by atoms with Crippen LogP contribution in [0.2, 0.25) is 0 Å². The number of ether oxygens (including phenoxy) is 4. The van der Waals surface area contributed by atoms with E-state index >= 15 is 0 Å². The first-order valence-electron chi connectivity index (χ1n) is 39.1. The van der Waals surface area contributed by atoms with Gasteiger partial charge in [0.2, 0.25) is 0 Å². The molecule has 0 heterocycles. The van der Waals surface area contributed by atoms with Gasteiger partial charge in [-0.15, -0.1) is 0 Å². The maximum Gasteiger partial charge on any atom is 0.472 e. The Morgan fingerprint density at radius 2 is 0.489 bits per heavy atom. The lowest BCUT2D eigenvalue weighted by Gasteiger charge is -2.21. The molecule has 0 saturated carbocycles. The summed E-state index contributed by atoms with van der Waals surface area (Å²) in [5.41, 5.74) is 0. The highest BCUT2D eigenvalue weighted by Crippen LogP contribution is 2.45. The largest absolute Gasteiger partial charge is 0.472 e. The fraction of sp³-hybridized carbons (Fsp3) is 0.947. The van der Waals surface area contributed by atoms with Crippen LogP contribution in [0.4, 0.5) is 0 Å². The van der Waals surface area contributed by atoms with Gasteiger partial charge in [-0.3, -0.25) is 37.3 Å². The van der Waals surface area contributed by atoms with Crippen LogP contribution < -0.4 is 0 Å². The molecule has 558 valence electrons. The lowest BCUT2D eigenvalue weighted by molar-refractivity contribution is -0.161. The molecular weight excluding hydrogens is 1230 g/mol. The smallest absolute Gasteiger partial charge is 0.462 e. The van der Waals surface area contributed by atoms with Crippen molar-refractivity contribution in [3.8, 4) is 0 Å². The lowest BCUT2D eigenvalue weighted by atomic mass is 10.0. The van der Waals surface area contributed by atoms with Crippen LogP contribution in [0.15, 0.2) is 0 Å². The number of aliphatic hydroxyl groups excluding tert-OH is 1. The number of carbonyl (C=O) groups excluding carboxylic acids is 4. The van der Waals surface area contributed by atoms with Crippen LogP contribution in [-0.4, -0.2) is 96.7 Å². The van der Waals surface area contributed by atoms with Crippen molar-refractivity contribution in [1.29, 1.82) is 0 Å². The van der Waals surface area contributed by atoms with Crippen molar-refractivity contribution in [3.63, 3.8) is 0 Å². The minimum atomic E-state index is -4.96. The minimum absolute atomic E-state index is 0.108. The highest BCUT2D eigenvalue weighted by Gasteiger charge is 2.30. The fourth-order valence-corrected chi connectivity index (χ4v) is 13.1. The Morgan fingerprint density at radius 3 is 0.723 bits per heavy atom. The summed E-state index contributed by atoms with van der Waals surface area (Å²) in [5, 5.41) is 10.6. The first-order chi connectivity index (χ1) is 45.5. The van der Waals surface area contributed by atoms with Crippen LogP contribution in [-0.2, 0) is 65.4 Å². The van der Waals surface area contributed by atoms with Gasteiger partial charge in [0.05, 0.1) is 26.4 Å². The number of phosphoric acid groups is 2. The molecule has 0 spiro atoms. The van der Waals surface area contributed by atoms with Gasteiger partial charge in [0, 0.05) is 25.7 Å². The maximum atomic E-state index is 13.1. The number of aliphatic hydroxyl groups is 1. The molecule has 2 unspecified atom stereocenters. The Kier molecular flexibility index (Phi) is 66.8. The lowest BCUT2D eigenvalue weighted by Crippen LogP contribution is -2.30. The van der Waals surface area contributed by atoms with Gasteiger partial charge < -0.3 is 33.8 Å². The standard InChI is InChI=1S/C75H146O17P2/c1-6-9-12-15-18-21-23-25-31-34-39-44-49-54-59-73(78)86-65-71(92-75(80)61-56-51-46-41-36-32-28-26-27-30-33-38-42-47-52-57-68(4)5)67-90-94(83,84)88-63-69(76)62-87-93(81,82)89-66-70(64-85-72(77)58-53-48-43-37-20-17-14-11-8-3)91-74(79)60-55-50-45-40-35-29-24-22-19-16-13-10-7-2/h68-71,76H,6-67H2,1-5H3,(H,81,82)(H,83,84)/t69-,70+,71+/m0/s1. The van der Waals surface area contributed by atoms with Crippen molar-refractivity contribution in [2.45, 2.75) is 412 Å². The first-order valence-corrected chi connectivity index (χ1v) is 42.1. The van der Waals surface area contributed by atoms with Gasteiger partial charge in [-0.1, -0.05) is 343 Å². The van der Waals surface area contributed by atoms with Gasteiger partial charge in [0.15, 0.2) is 12.2 Å². The highest BCUT2D eigenvalue weighted by molar-refractivity contribution is 7.47. The van der Waals surface area contributed by atoms with Crippen LogP contribution in [0.5, 0.6) is 0 Å². The van der Waals surface area contributed by atoms with Gasteiger partial charge in [0.1, 0.15) is 19.3 Å². The average molecular weight is 1380 g/mol. The number of phosphoric ester groups is 2. The van der Waals surface area contributed by atoms with E-state index in [0.717, 1.165) is 95.8 Å². The van der Waals surface area contributed by atoms with E-state index in [0.29, 0.717) is 25.7 Å². The molecule has 94 heavy (non-hydrogen) atoms. The molecule has 0 radical (unpaired) electrons. The summed E-state index contributed by atoms with van der Waals surface area (Å²) in [5.74, 6) is -1.31. The Balaban J connectivity index is 5.22. The van der Waals surface area contributed by atoms with E-state index in [1.54, 1.807) is 0 Å². The molecule has 0 amide bonds. The molecule has 3 N–H and O–H groups in total. The number of unbranched alkanes of at least 4 members (excludes halogenated alkanes) is 47. The molecule has 0 aliphatic carbocycles. The molecule has 0 aliphatic heterocycles. The molecule has 19 heteroatoms. The molecule has 0 bridgehead atoms. The monoisotopic (exact) mass is 1380 g/mol. The van der Waals surface area contributed by atoms with E-state index in [1.165, 1.54) is 218 Å². The summed E-state index contributed by atoms with van der Waals surface area (Å²) >= 11 is 0. The number of hydrogen-bond donors (Lipinski definition) is 3. The number of hydrogen-bond acceptors (Lipinski definition) is 15. The molecular formula is C75H146O17P2. The number of esters is 4. The Bertz CT molecular complexity index is 1810. The summed E-state index contributed by atoms with van der Waals surface area (Å²) < 4.78 is 68.5. The molecule has 5 atom stereocenters. The third kappa shape index (κ3) is 68.6. The second kappa shape index (κ2) is 68.2. The molecule has 0 aromatic carbocycles. The summed E-state index contributed by atoms with van der Waals surface area (Å²) in [4.78, 5) is 72.7. The predicted molar refractivity (Wildman–Crippen MR) is 382 cm³/mol.